The fraction of sp³-hybridized carbons (Fsp3) is 0.800. The summed E-state index contributed by atoms with van der Waals surface area (Å²) < 4.78 is 38.4. The first-order valence-corrected chi connectivity index (χ1v) is 2.74. The molecule has 0 bridgehead atoms. The fourth-order valence-corrected chi connectivity index (χ4v) is 0.288. The zero-order chi connectivity index (χ0) is 9.07. The Kier molecular flexibility index (Phi) is 3.16. The van der Waals surface area contributed by atoms with Crippen molar-refractivity contribution in [3.8, 4) is 0 Å². The second-order valence-electron chi connectivity index (χ2n) is 2.00. The first-order valence-electron chi connectivity index (χ1n) is 2.74. The third-order valence-corrected chi connectivity index (χ3v) is 1.01. The Morgan fingerprint density at radius 3 is 2.27 bits per heavy atom. The van der Waals surface area contributed by atoms with Crippen molar-refractivity contribution in [2.24, 2.45) is 5.92 Å². The summed E-state index contributed by atoms with van der Waals surface area (Å²) in [4.78, 5) is 9.53. The van der Waals surface area contributed by atoms with Gasteiger partial charge in [-0.3, -0.25) is 0 Å². The monoisotopic (exact) mass is 171 g/mol. The van der Waals surface area contributed by atoms with Gasteiger partial charge in [-0.25, -0.2) is 0 Å². The summed E-state index contributed by atoms with van der Waals surface area (Å²) in [5, 5.41) is 9.53. The van der Waals surface area contributed by atoms with Crippen molar-refractivity contribution in [3.05, 3.63) is 0 Å². The molecule has 0 aromatic carbocycles. The van der Waals surface area contributed by atoms with Crippen molar-refractivity contribution >= 4 is 6.16 Å². The van der Waals surface area contributed by atoms with Gasteiger partial charge in [0.05, 0.1) is 5.92 Å². The van der Waals surface area contributed by atoms with Gasteiger partial charge in [-0.15, -0.1) is 0 Å². The minimum Gasteiger partial charge on any atom is -0.431 e. The van der Waals surface area contributed by atoms with E-state index in [2.05, 4.69) is 4.74 Å². The number of carbonyl (C=O) groups excluding carboxylic acids is 1. The Balaban J connectivity index is 3.70. The molecule has 11 heavy (non-hydrogen) atoms. The molecule has 1 atom stereocenters. The zero-order valence-electron chi connectivity index (χ0n) is 5.64. The van der Waals surface area contributed by atoms with E-state index in [1.165, 1.54) is 0 Å². The molecule has 0 saturated heterocycles. The van der Waals surface area contributed by atoms with E-state index in [4.69, 9.17) is 0 Å². The molecule has 0 rings (SSSR count). The highest BCUT2D eigenvalue weighted by molar-refractivity contribution is 5.56. The quantitative estimate of drug-likeness (QED) is 0.594. The lowest BCUT2D eigenvalue weighted by atomic mass is 10.2. The summed E-state index contributed by atoms with van der Waals surface area (Å²) in [6, 6.07) is 0. The van der Waals surface area contributed by atoms with Crippen LogP contribution in [-0.4, -0.2) is 18.9 Å². The van der Waals surface area contributed by atoms with Crippen molar-refractivity contribution in [2.75, 3.05) is 6.61 Å². The minimum absolute atomic E-state index is 0.822. The molecule has 0 aliphatic rings. The maximum atomic E-state index is 11.6. The van der Waals surface area contributed by atoms with Crippen LogP contribution in [0.2, 0.25) is 0 Å². The Bertz CT molecular complexity index is 142. The molecule has 65 valence electrons. The van der Waals surface area contributed by atoms with Crippen LogP contribution in [0.5, 0.6) is 0 Å². The van der Waals surface area contributed by atoms with Crippen molar-refractivity contribution < 1.29 is 27.8 Å². The van der Waals surface area contributed by atoms with Crippen LogP contribution in [0.25, 0.3) is 0 Å². The second kappa shape index (κ2) is 3.45. The molecule has 0 N–H and O–H groups in total. The molecule has 0 aromatic rings. The van der Waals surface area contributed by atoms with E-state index in [-0.39, 0.29) is 0 Å². The van der Waals surface area contributed by atoms with Gasteiger partial charge in [-0.1, -0.05) is 6.92 Å². The number of hydrogen-bond donors (Lipinski definition) is 0. The summed E-state index contributed by atoms with van der Waals surface area (Å²) in [6.07, 6.45) is -6.36. The molecule has 0 aliphatic heterocycles. The molecule has 0 saturated carbocycles. The van der Waals surface area contributed by atoms with E-state index < -0.39 is 24.9 Å². The van der Waals surface area contributed by atoms with Gasteiger partial charge in [-0.2, -0.15) is 23.1 Å². The van der Waals surface area contributed by atoms with Crippen molar-refractivity contribution in [1.82, 2.24) is 0 Å². The van der Waals surface area contributed by atoms with Gasteiger partial charge < -0.3 is 4.74 Å². The van der Waals surface area contributed by atoms with Crippen LogP contribution in [0.4, 0.5) is 18.0 Å². The Labute approximate surface area is 60.8 Å². The Hall–Kier alpha value is -0.940. The largest absolute Gasteiger partial charge is 0.550 e. The molecule has 1 radical (unpaired) electrons. The van der Waals surface area contributed by atoms with E-state index >= 15 is 0 Å². The third-order valence-electron chi connectivity index (χ3n) is 1.01. The van der Waals surface area contributed by atoms with E-state index in [0.717, 1.165) is 6.92 Å². The molecule has 6 heteroatoms. The van der Waals surface area contributed by atoms with Crippen molar-refractivity contribution in [2.45, 2.75) is 13.1 Å². The Morgan fingerprint density at radius 2 is 2.00 bits per heavy atom. The lowest BCUT2D eigenvalue weighted by Crippen LogP contribution is -2.25. The number of hydrogen-bond acceptors (Lipinski definition) is 2. The molecule has 1 unspecified atom stereocenters. The van der Waals surface area contributed by atoms with Crippen LogP contribution in [0.1, 0.15) is 6.92 Å². The molecular formula is C5H6F3O3. The molecule has 0 amide bonds. The van der Waals surface area contributed by atoms with Crippen LogP contribution in [-0.2, 0) is 9.84 Å². The highest BCUT2D eigenvalue weighted by atomic mass is 19.4. The van der Waals surface area contributed by atoms with E-state index in [9.17, 15) is 23.1 Å². The van der Waals surface area contributed by atoms with Crippen molar-refractivity contribution in [3.63, 3.8) is 0 Å². The average molecular weight is 171 g/mol. The van der Waals surface area contributed by atoms with Crippen LogP contribution in [0, 0.1) is 5.92 Å². The first-order chi connectivity index (χ1) is 4.84. The summed E-state index contributed by atoms with van der Waals surface area (Å²) >= 11 is 0. The number of rotatable bonds is 2. The lowest BCUT2D eigenvalue weighted by Gasteiger charge is -2.13. The maximum Gasteiger partial charge on any atom is 0.550 e. The predicted molar refractivity (Wildman–Crippen MR) is 27.3 cm³/mol. The van der Waals surface area contributed by atoms with Gasteiger partial charge in [0.1, 0.15) is 6.61 Å². The summed E-state index contributed by atoms with van der Waals surface area (Å²) in [5.74, 6) is -1.79. The molecule has 0 aromatic heterocycles. The standard InChI is InChI=1S/C5H6F3O3/c1-3(5(6,7)8)2-11-4(9)10/h3H,2H2,1H3. The molecule has 0 fully saturated rings. The van der Waals surface area contributed by atoms with Gasteiger partial charge in [0.2, 0.25) is 0 Å². The highest BCUT2D eigenvalue weighted by Crippen LogP contribution is 2.25. The fourth-order valence-electron chi connectivity index (χ4n) is 0.288. The highest BCUT2D eigenvalue weighted by Gasteiger charge is 2.36. The first kappa shape index (κ1) is 10.1. The molecule has 0 aliphatic carbocycles. The second-order valence-corrected chi connectivity index (χ2v) is 2.00. The Morgan fingerprint density at radius 1 is 1.55 bits per heavy atom. The molecule has 0 heterocycles. The maximum absolute atomic E-state index is 11.6. The number of ether oxygens (including phenoxy) is 1. The average Bonchev–Trinajstić information content (AvgIpc) is 1.80. The third kappa shape index (κ3) is 4.46. The van der Waals surface area contributed by atoms with Crippen LogP contribution in [0.3, 0.4) is 0 Å². The smallest absolute Gasteiger partial charge is 0.431 e. The zero-order valence-corrected chi connectivity index (χ0v) is 5.64. The predicted octanol–water partition coefficient (Wildman–Crippen LogP) is 1.75. The van der Waals surface area contributed by atoms with Gasteiger partial charge in [0.25, 0.3) is 0 Å². The molecular weight excluding hydrogens is 165 g/mol. The number of carbonyl (C=O) groups is 1. The SMILES string of the molecule is CC(COC([O])=O)C(F)(F)F. The summed E-state index contributed by atoms with van der Waals surface area (Å²) in [7, 11) is 0. The van der Waals surface area contributed by atoms with E-state index in [1.54, 1.807) is 0 Å². The van der Waals surface area contributed by atoms with Crippen LogP contribution in [0.15, 0.2) is 0 Å². The van der Waals surface area contributed by atoms with Gasteiger partial charge >= 0.3 is 12.3 Å². The molecule has 0 spiro atoms. The normalized spacial score (nSPS) is 14.2. The van der Waals surface area contributed by atoms with Gasteiger partial charge in [0.15, 0.2) is 0 Å². The van der Waals surface area contributed by atoms with Gasteiger partial charge in [0, 0.05) is 0 Å². The number of halogens is 3. The lowest BCUT2D eigenvalue weighted by molar-refractivity contribution is -0.179. The van der Waals surface area contributed by atoms with Crippen LogP contribution < -0.4 is 0 Å². The van der Waals surface area contributed by atoms with Crippen molar-refractivity contribution in [1.29, 1.82) is 0 Å². The number of alkyl halides is 3. The van der Waals surface area contributed by atoms with E-state index in [1.807, 2.05) is 0 Å². The summed E-state index contributed by atoms with van der Waals surface area (Å²) in [6.45, 7) is -0.0885. The minimum atomic E-state index is -4.42. The summed E-state index contributed by atoms with van der Waals surface area (Å²) in [5.41, 5.74) is 0. The molecule has 3 nitrogen and oxygen atoms in total. The van der Waals surface area contributed by atoms with Crippen LogP contribution >= 0.6 is 0 Å². The van der Waals surface area contributed by atoms with Gasteiger partial charge in [-0.05, 0) is 0 Å². The van der Waals surface area contributed by atoms with E-state index in [0.29, 0.717) is 0 Å². The topological polar surface area (TPSA) is 46.2 Å².